The summed E-state index contributed by atoms with van der Waals surface area (Å²) in [6.45, 7) is 2.20. The Morgan fingerprint density at radius 1 is 1.32 bits per heavy atom. The molecule has 4 fully saturated rings. The van der Waals surface area contributed by atoms with Crippen LogP contribution in [0.4, 0.5) is 0 Å². The van der Waals surface area contributed by atoms with Gasteiger partial charge in [-0.25, -0.2) is 0 Å². The number of H-pyrrole nitrogens is 1. The molecule has 2 nitrogen and oxygen atoms in total. The Morgan fingerprint density at radius 3 is 2.63 bits per heavy atom. The second-order valence-electron chi connectivity index (χ2n) is 8.02. The highest BCUT2D eigenvalue weighted by Crippen LogP contribution is 2.66. The van der Waals surface area contributed by atoms with Crippen molar-refractivity contribution >= 4 is 0 Å². The summed E-state index contributed by atoms with van der Waals surface area (Å²) in [5.41, 5.74) is 8.80. The number of hydrogen-bond donors (Lipinski definition) is 2. The number of nitrogens with two attached hydrogens (primary N) is 1. The Labute approximate surface area is 116 Å². The van der Waals surface area contributed by atoms with Gasteiger partial charge < -0.3 is 10.7 Å². The fraction of sp³-hybridized carbons (Fsp3) is 0.765. The third-order valence-electron chi connectivity index (χ3n) is 6.15. The molecule has 4 aliphatic rings. The van der Waals surface area contributed by atoms with Crippen molar-refractivity contribution in [3.05, 3.63) is 24.0 Å². The van der Waals surface area contributed by atoms with Crippen LogP contribution in [0.3, 0.4) is 0 Å². The highest BCUT2D eigenvalue weighted by atomic mass is 14.7. The fourth-order valence-corrected chi connectivity index (χ4v) is 6.37. The molecule has 0 saturated heterocycles. The highest BCUT2D eigenvalue weighted by molar-refractivity contribution is 5.28. The Balaban J connectivity index is 1.72. The normalized spacial score (nSPS) is 45.6. The topological polar surface area (TPSA) is 41.8 Å². The first-order valence-corrected chi connectivity index (χ1v) is 7.98. The minimum absolute atomic E-state index is 0.361. The number of hydrogen-bond acceptors (Lipinski definition) is 1. The van der Waals surface area contributed by atoms with Gasteiger partial charge in [-0.1, -0.05) is 0 Å². The maximum absolute atomic E-state index is 6.17. The van der Waals surface area contributed by atoms with E-state index in [4.69, 9.17) is 5.73 Å². The third-order valence-corrected chi connectivity index (χ3v) is 6.15. The van der Waals surface area contributed by atoms with Crippen LogP contribution in [0.1, 0.15) is 57.4 Å². The fourth-order valence-electron chi connectivity index (χ4n) is 6.37. The van der Waals surface area contributed by atoms with Crippen LogP contribution in [0.5, 0.6) is 0 Å². The van der Waals surface area contributed by atoms with Gasteiger partial charge in [-0.05, 0) is 86.2 Å². The van der Waals surface area contributed by atoms with E-state index in [9.17, 15) is 0 Å². The number of aromatic nitrogens is 1. The van der Waals surface area contributed by atoms with Crippen molar-refractivity contribution in [1.82, 2.24) is 4.98 Å². The minimum Gasteiger partial charge on any atom is -0.367 e. The second-order valence-corrected chi connectivity index (χ2v) is 8.02. The first kappa shape index (κ1) is 12.0. The van der Waals surface area contributed by atoms with Gasteiger partial charge in [0, 0.05) is 18.4 Å². The van der Waals surface area contributed by atoms with Crippen molar-refractivity contribution in [2.75, 3.05) is 0 Å². The van der Waals surface area contributed by atoms with Gasteiger partial charge in [-0.15, -0.1) is 0 Å². The van der Waals surface area contributed by atoms with Gasteiger partial charge in [0.1, 0.15) is 0 Å². The van der Waals surface area contributed by atoms with Gasteiger partial charge in [0.25, 0.3) is 0 Å². The third kappa shape index (κ3) is 1.79. The molecule has 4 saturated carbocycles. The van der Waals surface area contributed by atoms with E-state index >= 15 is 0 Å². The molecule has 104 valence electrons. The molecule has 3 unspecified atom stereocenters. The zero-order valence-electron chi connectivity index (χ0n) is 12.0. The van der Waals surface area contributed by atoms with Crippen molar-refractivity contribution in [3.63, 3.8) is 0 Å². The van der Waals surface area contributed by atoms with Gasteiger partial charge in [0.2, 0.25) is 0 Å². The van der Waals surface area contributed by atoms with E-state index in [1.165, 1.54) is 44.9 Å². The molecule has 0 aliphatic heterocycles. The quantitative estimate of drug-likeness (QED) is 0.854. The molecule has 0 spiro atoms. The zero-order valence-corrected chi connectivity index (χ0v) is 12.0. The predicted molar refractivity (Wildman–Crippen MR) is 77.9 cm³/mol. The lowest BCUT2D eigenvalue weighted by atomic mass is 9.42. The van der Waals surface area contributed by atoms with E-state index in [2.05, 4.69) is 30.4 Å². The van der Waals surface area contributed by atoms with Crippen LogP contribution < -0.4 is 5.73 Å². The minimum atomic E-state index is 0.361. The van der Waals surface area contributed by atoms with E-state index in [-0.39, 0.29) is 0 Å². The predicted octanol–water partition coefficient (Wildman–Crippen LogP) is 3.59. The van der Waals surface area contributed by atoms with Gasteiger partial charge >= 0.3 is 0 Å². The van der Waals surface area contributed by atoms with Gasteiger partial charge in [-0.2, -0.15) is 0 Å². The van der Waals surface area contributed by atoms with E-state index < -0.39 is 0 Å². The maximum atomic E-state index is 6.17. The molecule has 3 atom stereocenters. The highest BCUT2D eigenvalue weighted by Gasteiger charge is 2.58. The summed E-state index contributed by atoms with van der Waals surface area (Å²) in [5.74, 6) is 1.93. The summed E-state index contributed by atoms with van der Waals surface area (Å²) in [6.07, 6.45) is 14.3. The SMILES string of the molecule is CC(N)CC12CC3CC(C1)CC(c1cc[nH]c1)(C3)C2. The van der Waals surface area contributed by atoms with E-state index in [0.717, 1.165) is 11.8 Å². The summed E-state index contributed by atoms with van der Waals surface area (Å²) in [4.78, 5) is 3.28. The van der Waals surface area contributed by atoms with Crippen LogP contribution in [0.25, 0.3) is 0 Å². The summed E-state index contributed by atoms with van der Waals surface area (Å²) in [5, 5.41) is 0. The lowest BCUT2D eigenvalue weighted by molar-refractivity contribution is -0.0782. The van der Waals surface area contributed by atoms with E-state index in [1.807, 2.05) is 0 Å². The second kappa shape index (κ2) is 3.88. The lowest BCUT2D eigenvalue weighted by Gasteiger charge is -2.63. The van der Waals surface area contributed by atoms with E-state index in [1.54, 1.807) is 5.56 Å². The average molecular weight is 258 g/mol. The largest absolute Gasteiger partial charge is 0.367 e. The van der Waals surface area contributed by atoms with Gasteiger partial charge in [-0.3, -0.25) is 0 Å². The van der Waals surface area contributed by atoms with Crippen molar-refractivity contribution in [2.45, 2.75) is 63.3 Å². The van der Waals surface area contributed by atoms with Crippen LogP contribution in [-0.4, -0.2) is 11.0 Å². The zero-order chi connectivity index (χ0) is 13.1. The number of rotatable bonds is 3. The van der Waals surface area contributed by atoms with Crippen LogP contribution in [0.2, 0.25) is 0 Å². The number of nitrogens with one attached hydrogen (secondary N) is 1. The molecule has 3 N–H and O–H groups in total. The molecular formula is C17H26N2. The summed E-state index contributed by atoms with van der Waals surface area (Å²) in [7, 11) is 0. The molecule has 0 aromatic carbocycles. The molecular weight excluding hydrogens is 232 g/mol. The summed E-state index contributed by atoms with van der Waals surface area (Å²) < 4.78 is 0. The monoisotopic (exact) mass is 258 g/mol. The molecule has 1 aromatic rings. The van der Waals surface area contributed by atoms with Crippen molar-refractivity contribution < 1.29 is 0 Å². The Kier molecular flexibility index (Phi) is 2.45. The first-order valence-electron chi connectivity index (χ1n) is 7.98. The molecule has 19 heavy (non-hydrogen) atoms. The van der Waals surface area contributed by atoms with E-state index in [0.29, 0.717) is 16.9 Å². The van der Waals surface area contributed by atoms with Crippen LogP contribution in [-0.2, 0) is 5.41 Å². The molecule has 4 aliphatic carbocycles. The Bertz CT molecular complexity index is 440. The average Bonchev–Trinajstić information content (AvgIpc) is 2.78. The molecule has 1 heterocycles. The van der Waals surface area contributed by atoms with Gasteiger partial charge in [0.15, 0.2) is 0 Å². The lowest BCUT2D eigenvalue weighted by Crippen LogP contribution is -2.55. The molecule has 5 rings (SSSR count). The van der Waals surface area contributed by atoms with Crippen molar-refractivity contribution in [2.24, 2.45) is 23.0 Å². The van der Waals surface area contributed by atoms with Crippen LogP contribution in [0.15, 0.2) is 18.5 Å². The maximum Gasteiger partial charge on any atom is 0.00430 e. The van der Waals surface area contributed by atoms with Crippen LogP contribution in [0, 0.1) is 17.3 Å². The summed E-state index contributed by atoms with van der Waals surface area (Å²) >= 11 is 0. The molecule has 1 aromatic heterocycles. The summed E-state index contributed by atoms with van der Waals surface area (Å²) in [6, 6.07) is 2.69. The Hall–Kier alpha value is -0.760. The molecule has 4 bridgehead atoms. The first-order chi connectivity index (χ1) is 9.09. The smallest absolute Gasteiger partial charge is 0.00430 e. The number of aromatic amines is 1. The van der Waals surface area contributed by atoms with Crippen molar-refractivity contribution in [1.29, 1.82) is 0 Å². The molecule has 2 heteroatoms. The Morgan fingerprint density at radius 2 is 2.05 bits per heavy atom. The van der Waals surface area contributed by atoms with Crippen molar-refractivity contribution in [3.8, 4) is 0 Å². The van der Waals surface area contributed by atoms with Crippen LogP contribution >= 0.6 is 0 Å². The standard InChI is InChI=1S/C17H26N2/c1-12(18)5-16-6-13-4-14(7-16)9-17(8-13,11-16)15-2-3-19-10-15/h2-3,10,12-14,19H,4-9,11,18H2,1H3. The van der Waals surface area contributed by atoms with Gasteiger partial charge in [0.05, 0.1) is 0 Å². The molecule has 0 amide bonds. The molecule has 0 radical (unpaired) electrons.